The van der Waals surface area contributed by atoms with Crippen LogP contribution < -0.4 is 5.32 Å². The first-order valence-electron chi connectivity index (χ1n) is 6.84. The maximum Gasteiger partial charge on any atom is 0.337 e. The van der Waals surface area contributed by atoms with Crippen molar-refractivity contribution in [2.24, 2.45) is 0 Å². The topological polar surface area (TPSA) is 78.9 Å². The molecule has 0 saturated heterocycles. The second-order valence-corrected chi connectivity index (χ2v) is 6.03. The molecule has 0 atom stereocenters. The quantitative estimate of drug-likeness (QED) is 0.542. The fourth-order valence-corrected chi connectivity index (χ4v) is 2.81. The zero-order valence-corrected chi connectivity index (χ0v) is 14.8. The van der Waals surface area contributed by atoms with Crippen LogP contribution in [0.4, 0.5) is 10.1 Å². The maximum atomic E-state index is 13.6. The van der Waals surface area contributed by atoms with E-state index in [9.17, 15) is 14.0 Å². The van der Waals surface area contributed by atoms with Gasteiger partial charge in [0.1, 0.15) is 11.5 Å². The number of aliphatic hydroxyl groups is 1. The summed E-state index contributed by atoms with van der Waals surface area (Å²) in [6, 6.07) is 2.80. The van der Waals surface area contributed by atoms with Crippen LogP contribution in [0.15, 0.2) is 23.4 Å². The molecule has 8 heteroatoms. The van der Waals surface area contributed by atoms with Crippen molar-refractivity contribution in [1.29, 1.82) is 0 Å². The summed E-state index contributed by atoms with van der Waals surface area (Å²) in [6.45, 7) is 1.60. The number of hydrogen-bond donors (Lipinski definition) is 2. The number of amides is 1. The Bertz CT molecular complexity index is 690. The number of β-amino-alcohol motifs (C(OH)–C–C–N with tert-alkyl or cyclic N) is 1. The average molecular weight is 434 g/mol. The van der Waals surface area contributed by atoms with Gasteiger partial charge in [0.15, 0.2) is 0 Å². The van der Waals surface area contributed by atoms with E-state index in [2.05, 4.69) is 5.32 Å². The predicted octanol–water partition coefficient (Wildman–Crippen LogP) is 1.41. The largest absolute Gasteiger partial charge is 0.466 e. The number of aliphatic hydroxyl groups excluding tert-OH is 1. The average Bonchev–Trinajstić information content (AvgIpc) is 2.84. The lowest BCUT2D eigenvalue weighted by atomic mass is 10.2. The molecule has 0 bridgehead atoms. The van der Waals surface area contributed by atoms with Crippen molar-refractivity contribution >= 4 is 40.2 Å². The third kappa shape index (κ3) is 3.47. The van der Waals surface area contributed by atoms with E-state index >= 15 is 0 Å². The molecule has 124 valence electrons. The summed E-state index contributed by atoms with van der Waals surface area (Å²) in [6.07, 6.45) is 0. The summed E-state index contributed by atoms with van der Waals surface area (Å²) in [5.41, 5.74) is 1.26. The molecule has 1 aliphatic heterocycles. The van der Waals surface area contributed by atoms with Crippen LogP contribution in [0, 0.1) is 16.3 Å². The molecule has 0 saturated carbocycles. The van der Waals surface area contributed by atoms with E-state index in [4.69, 9.17) is 9.84 Å². The lowest BCUT2D eigenvalue weighted by Crippen LogP contribution is -2.31. The number of carbonyl (C=O) groups excluding carboxylic acids is 2. The Morgan fingerprint density at radius 2 is 2.22 bits per heavy atom. The minimum absolute atomic E-state index is 0.0607. The monoisotopic (exact) mass is 434 g/mol. The summed E-state index contributed by atoms with van der Waals surface area (Å²) in [5, 5.41) is 11.9. The predicted molar refractivity (Wildman–Crippen MR) is 90.2 cm³/mol. The molecule has 0 fully saturated rings. The lowest BCUT2D eigenvalue weighted by Gasteiger charge is -2.15. The van der Waals surface area contributed by atoms with E-state index in [0.29, 0.717) is 14.8 Å². The summed E-state index contributed by atoms with van der Waals surface area (Å²) in [5.74, 6) is -1.37. The van der Waals surface area contributed by atoms with Crippen LogP contribution in [0.25, 0.3) is 0 Å². The van der Waals surface area contributed by atoms with Crippen molar-refractivity contribution in [3.8, 4) is 0 Å². The Morgan fingerprint density at radius 1 is 1.52 bits per heavy atom. The summed E-state index contributed by atoms with van der Waals surface area (Å²) < 4.78 is 18.9. The molecule has 0 aliphatic carbocycles. The van der Waals surface area contributed by atoms with Crippen molar-refractivity contribution < 1.29 is 23.8 Å². The lowest BCUT2D eigenvalue weighted by molar-refractivity contribution is -0.136. The van der Waals surface area contributed by atoms with E-state index in [0.717, 1.165) is 0 Å². The van der Waals surface area contributed by atoms with Gasteiger partial charge in [0, 0.05) is 15.7 Å². The first kappa shape index (κ1) is 17.7. The fourth-order valence-electron chi connectivity index (χ4n) is 2.24. The highest BCUT2D eigenvalue weighted by Gasteiger charge is 2.34. The van der Waals surface area contributed by atoms with Crippen LogP contribution in [0.3, 0.4) is 0 Å². The number of nitrogens with zero attached hydrogens (tertiary/aromatic N) is 1. The number of hydrogen-bond acceptors (Lipinski definition) is 5. The number of nitrogens with one attached hydrogen (secondary N) is 1. The van der Waals surface area contributed by atoms with E-state index in [1.165, 1.54) is 24.1 Å². The number of carbonyl (C=O) groups is 2. The maximum absolute atomic E-state index is 13.6. The molecule has 1 aromatic rings. The summed E-state index contributed by atoms with van der Waals surface area (Å²) in [7, 11) is 1.23. The minimum Gasteiger partial charge on any atom is -0.466 e. The molecular formula is C15H16FIN2O4. The molecule has 23 heavy (non-hydrogen) atoms. The molecule has 2 rings (SSSR count). The van der Waals surface area contributed by atoms with Gasteiger partial charge in [0.05, 0.1) is 31.5 Å². The van der Waals surface area contributed by atoms with Gasteiger partial charge < -0.3 is 20.1 Å². The number of benzene rings is 1. The Morgan fingerprint density at radius 3 is 2.83 bits per heavy atom. The molecule has 1 aromatic carbocycles. The zero-order valence-electron chi connectivity index (χ0n) is 12.7. The van der Waals surface area contributed by atoms with Gasteiger partial charge in [-0.15, -0.1) is 0 Å². The second-order valence-electron chi connectivity index (χ2n) is 4.95. The number of halogens is 2. The van der Waals surface area contributed by atoms with Gasteiger partial charge in [0.25, 0.3) is 5.91 Å². The van der Waals surface area contributed by atoms with Crippen molar-refractivity contribution in [3.05, 3.63) is 38.4 Å². The SMILES string of the molecule is COC(=O)C1=C(Nc2ccc(F)c(C)c2I)C(=O)N(CCO)C1. The Balaban J connectivity index is 2.39. The number of methoxy groups -OCH3 is 1. The summed E-state index contributed by atoms with van der Waals surface area (Å²) in [4.78, 5) is 25.6. The van der Waals surface area contributed by atoms with E-state index in [1.54, 1.807) is 6.92 Å². The van der Waals surface area contributed by atoms with Crippen molar-refractivity contribution in [3.63, 3.8) is 0 Å². The molecule has 2 N–H and O–H groups in total. The van der Waals surface area contributed by atoms with E-state index in [-0.39, 0.29) is 36.8 Å². The highest BCUT2D eigenvalue weighted by Crippen LogP contribution is 2.28. The van der Waals surface area contributed by atoms with Crippen molar-refractivity contribution in [2.45, 2.75) is 6.92 Å². The number of esters is 1. The van der Waals surface area contributed by atoms with Crippen molar-refractivity contribution in [2.75, 3.05) is 32.1 Å². The molecular weight excluding hydrogens is 418 g/mol. The third-order valence-corrected chi connectivity index (χ3v) is 4.92. The van der Waals surface area contributed by atoms with Gasteiger partial charge in [-0.1, -0.05) is 0 Å². The van der Waals surface area contributed by atoms with Gasteiger partial charge in [-0.25, -0.2) is 9.18 Å². The van der Waals surface area contributed by atoms with Crippen LogP contribution in [-0.4, -0.2) is 48.7 Å². The highest BCUT2D eigenvalue weighted by molar-refractivity contribution is 14.1. The second kappa shape index (κ2) is 7.26. The Kier molecular flexibility index (Phi) is 5.58. The molecule has 0 radical (unpaired) electrons. The van der Waals surface area contributed by atoms with Crippen LogP contribution in [0.2, 0.25) is 0 Å². The van der Waals surface area contributed by atoms with Crippen molar-refractivity contribution in [1.82, 2.24) is 4.90 Å². The Hall–Kier alpha value is -1.68. The van der Waals surface area contributed by atoms with Crippen LogP contribution in [0.5, 0.6) is 0 Å². The normalized spacial score (nSPS) is 14.5. The fraction of sp³-hybridized carbons (Fsp3) is 0.333. The minimum atomic E-state index is -0.616. The number of rotatable bonds is 5. The van der Waals surface area contributed by atoms with Gasteiger partial charge >= 0.3 is 5.97 Å². The standard InChI is InChI=1S/C15H16FIN2O4/c1-8-10(16)3-4-11(12(8)17)18-13-9(15(22)23-2)7-19(5-6-20)14(13)21/h3-4,18,20H,5-7H2,1-2H3. The van der Waals surface area contributed by atoms with Gasteiger partial charge in [0.2, 0.25) is 0 Å². The molecule has 1 heterocycles. The first-order valence-corrected chi connectivity index (χ1v) is 7.91. The van der Waals surface area contributed by atoms with Gasteiger partial charge in [-0.2, -0.15) is 0 Å². The third-order valence-electron chi connectivity index (χ3n) is 3.53. The smallest absolute Gasteiger partial charge is 0.337 e. The summed E-state index contributed by atoms with van der Waals surface area (Å²) >= 11 is 1.97. The number of anilines is 1. The Labute approximate surface area is 146 Å². The molecule has 6 nitrogen and oxygen atoms in total. The van der Waals surface area contributed by atoms with E-state index < -0.39 is 11.9 Å². The highest BCUT2D eigenvalue weighted by atomic mass is 127. The zero-order chi connectivity index (χ0) is 17.1. The molecule has 1 amide bonds. The molecule has 1 aliphatic rings. The molecule has 0 spiro atoms. The van der Waals surface area contributed by atoms with Crippen LogP contribution in [0.1, 0.15) is 5.56 Å². The van der Waals surface area contributed by atoms with Gasteiger partial charge in [-0.3, -0.25) is 4.79 Å². The molecule has 0 unspecified atom stereocenters. The first-order chi connectivity index (χ1) is 10.9. The number of ether oxygens (including phenoxy) is 1. The van der Waals surface area contributed by atoms with Gasteiger partial charge in [-0.05, 0) is 41.6 Å². The van der Waals surface area contributed by atoms with E-state index in [1.807, 2.05) is 22.6 Å². The molecule has 0 aromatic heterocycles. The van der Waals surface area contributed by atoms with Crippen LogP contribution in [-0.2, 0) is 14.3 Å². The van der Waals surface area contributed by atoms with Crippen LogP contribution >= 0.6 is 22.6 Å².